The molecule has 1 aromatic heterocycles. The zero-order valence-corrected chi connectivity index (χ0v) is 14.6. The molecule has 0 aliphatic carbocycles. The highest BCUT2D eigenvalue weighted by molar-refractivity contribution is 7.92. The van der Waals surface area contributed by atoms with E-state index in [4.69, 9.17) is 4.52 Å². The summed E-state index contributed by atoms with van der Waals surface area (Å²) in [6.07, 6.45) is 1.40. The average Bonchev–Trinajstić information content (AvgIpc) is 3.05. The largest absolute Gasteiger partial charge is 0.360 e. The first-order valence-corrected chi connectivity index (χ1v) is 9.14. The van der Waals surface area contributed by atoms with Crippen molar-refractivity contribution < 1.29 is 17.7 Å². The van der Waals surface area contributed by atoms with Crippen LogP contribution in [0.5, 0.6) is 0 Å². The van der Waals surface area contributed by atoms with Crippen molar-refractivity contribution >= 4 is 27.3 Å². The van der Waals surface area contributed by atoms with Gasteiger partial charge in [0.05, 0.1) is 0 Å². The predicted molar refractivity (Wildman–Crippen MR) is 89.6 cm³/mol. The Kier molecular flexibility index (Phi) is 4.08. The number of benzene rings is 1. The van der Waals surface area contributed by atoms with Crippen molar-refractivity contribution in [2.45, 2.75) is 38.5 Å². The SMILES string of the molecule is Cc1cc(NS(=O)(=O)c2c(C)noc2C)ccc1N1CCCC1=O. The van der Waals surface area contributed by atoms with Crippen LogP contribution in [0.4, 0.5) is 11.4 Å². The molecule has 1 aliphatic heterocycles. The van der Waals surface area contributed by atoms with E-state index < -0.39 is 10.0 Å². The molecular weight excluding hydrogens is 330 g/mol. The number of rotatable bonds is 4. The van der Waals surface area contributed by atoms with Gasteiger partial charge in [0.1, 0.15) is 5.69 Å². The first-order valence-electron chi connectivity index (χ1n) is 7.66. The van der Waals surface area contributed by atoms with E-state index in [-0.39, 0.29) is 16.6 Å². The normalized spacial score (nSPS) is 15.1. The van der Waals surface area contributed by atoms with Gasteiger partial charge in [0.2, 0.25) is 5.91 Å². The molecule has 3 rings (SSSR count). The van der Waals surface area contributed by atoms with E-state index in [9.17, 15) is 13.2 Å². The molecule has 1 fully saturated rings. The van der Waals surface area contributed by atoms with Gasteiger partial charge in [-0.05, 0) is 51.0 Å². The molecule has 128 valence electrons. The highest BCUT2D eigenvalue weighted by Crippen LogP contribution is 2.29. The van der Waals surface area contributed by atoms with Gasteiger partial charge in [-0.2, -0.15) is 0 Å². The molecule has 8 heteroatoms. The minimum Gasteiger partial charge on any atom is -0.360 e. The second kappa shape index (κ2) is 5.94. The van der Waals surface area contributed by atoms with Gasteiger partial charge in [-0.25, -0.2) is 8.42 Å². The summed E-state index contributed by atoms with van der Waals surface area (Å²) in [4.78, 5) is 13.7. The van der Waals surface area contributed by atoms with Gasteiger partial charge in [0, 0.05) is 24.3 Å². The Bertz CT molecular complexity index is 883. The van der Waals surface area contributed by atoms with Crippen LogP contribution in [0.15, 0.2) is 27.6 Å². The zero-order valence-electron chi connectivity index (χ0n) is 13.8. The van der Waals surface area contributed by atoms with Gasteiger partial charge in [-0.3, -0.25) is 9.52 Å². The van der Waals surface area contributed by atoms with E-state index in [0.29, 0.717) is 24.3 Å². The Morgan fingerprint density at radius 1 is 1.25 bits per heavy atom. The Morgan fingerprint density at radius 2 is 2.00 bits per heavy atom. The van der Waals surface area contributed by atoms with Crippen LogP contribution in [0.25, 0.3) is 0 Å². The number of aryl methyl sites for hydroxylation is 3. The lowest BCUT2D eigenvalue weighted by atomic mass is 10.1. The van der Waals surface area contributed by atoms with Gasteiger partial charge in [-0.1, -0.05) is 5.16 Å². The molecule has 1 aliphatic rings. The molecule has 0 bridgehead atoms. The average molecular weight is 349 g/mol. The lowest BCUT2D eigenvalue weighted by Crippen LogP contribution is -2.24. The topological polar surface area (TPSA) is 92.5 Å². The molecule has 1 N–H and O–H groups in total. The van der Waals surface area contributed by atoms with Crippen LogP contribution in [-0.2, 0) is 14.8 Å². The zero-order chi connectivity index (χ0) is 17.5. The Morgan fingerprint density at radius 3 is 2.54 bits per heavy atom. The molecule has 0 unspecified atom stereocenters. The van der Waals surface area contributed by atoms with Crippen molar-refractivity contribution in [3.8, 4) is 0 Å². The van der Waals surface area contributed by atoms with Crippen LogP contribution < -0.4 is 9.62 Å². The number of hydrogen-bond donors (Lipinski definition) is 1. The molecule has 2 heterocycles. The van der Waals surface area contributed by atoms with Crippen LogP contribution in [-0.4, -0.2) is 26.0 Å². The van der Waals surface area contributed by atoms with Crippen molar-refractivity contribution in [2.24, 2.45) is 0 Å². The molecule has 7 nitrogen and oxygen atoms in total. The van der Waals surface area contributed by atoms with E-state index in [1.165, 1.54) is 0 Å². The van der Waals surface area contributed by atoms with Crippen molar-refractivity contribution in [1.82, 2.24) is 5.16 Å². The lowest BCUT2D eigenvalue weighted by Gasteiger charge is -2.19. The second-order valence-corrected chi connectivity index (χ2v) is 7.53. The van der Waals surface area contributed by atoms with Gasteiger partial charge in [0.25, 0.3) is 10.0 Å². The summed E-state index contributed by atoms with van der Waals surface area (Å²) in [5, 5.41) is 3.68. The van der Waals surface area contributed by atoms with Crippen LogP contribution in [0.3, 0.4) is 0 Å². The fourth-order valence-corrected chi connectivity index (χ4v) is 4.37. The number of aromatic nitrogens is 1. The number of carbonyl (C=O) groups is 1. The third-order valence-electron chi connectivity index (χ3n) is 4.05. The molecule has 24 heavy (non-hydrogen) atoms. The third-order valence-corrected chi connectivity index (χ3v) is 5.67. The summed E-state index contributed by atoms with van der Waals surface area (Å²) in [5.41, 5.74) is 2.40. The molecular formula is C16H19N3O4S. The molecule has 0 spiro atoms. The fourth-order valence-electron chi connectivity index (χ4n) is 2.99. The van der Waals surface area contributed by atoms with Crippen molar-refractivity contribution in [3.05, 3.63) is 35.2 Å². The van der Waals surface area contributed by atoms with Gasteiger partial charge >= 0.3 is 0 Å². The Balaban J connectivity index is 1.89. The summed E-state index contributed by atoms with van der Waals surface area (Å²) < 4.78 is 32.5. The van der Waals surface area contributed by atoms with Gasteiger partial charge < -0.3 is 9.42 Å². The van der Waals surface area contributed by atoms with Crippen LogP contribution in [0.1, 0.15) is 29.9 Å². The maximum Gasteiger partial charge on any atom is 0.267 e. The molecule has 1 amide bonds. The summed E-state index contributed by atoms with van der Waals surface area (Å²) in [7, 11) is -3.78. The summed E-state index contributed by atoms with van der Waals surface area (Å²) >= 11 is 0. The Hall–Kier alpha value is -2.35. The summed E-state index contributed by atoms with van der Waals surface area (Å²) in [6.45, 7) is 5.69. The predicted octanol–water partition coefficient (Wildman–Crippen LogP) is 2.53. The van der Waals surface area contributed by atoms with E-state index >= 15 is 0 Å². The maximum absolute atomic E-state index is 12.5. The molecule has 2 aromatic rings. The number of nitrogens with one attached hydrogen (secondary N) is 1. The quantitative estimate of drug-likeness (QED) is 0.915. The van der Waals surface area contributed by atoms with Gasteiger partial charge in [0.15, 0.2) is 10.7 Å². The van der Waals surface area contributed by atoms with E-state index in [1.807, 2.05) is 6.92 Å². The summed E-state index contributed by atoms with van der Waals surface area (Å²) in [6, 6.07) is 5.14. The van der Waals surface area contributed by atoms with E-state index in [0.717, 1.165) is 17.7 Å². The standard InChI is InChI=1S/C16H19N3O4S/c1-10-9-13(6-7-14(10)19-8-4-5-15(19)20)18-24(21,22)16-11(2)17-23-12(16)3/h6-7,9,18H,4-5,8H2,1-3H3. The van der Waals surface area contributed by atoms with Crippen molar-refractivity contribution in [3.63, 3.8) is 0 Å². The lowest BCUT2D eigenvalue weighted by molar-refractivity contribution is -0.117. The number of hydrogen-bond acceptors (Lipinski definition) is 5. The molecule has 1 aromatic carbocycles. The molecule has 0 saturated carbocycles. The van der Waals surface area contributed by atoms with Crippen LogP contribution >= 0.6 is 0 Å². The molecule has 0 atom stereocenters. The monoisotopic (exact) mass is 349 g/mol. The minimum atomic E-state index is -3.78. The van der Waals surface area contributed by atoms with E-state index in [1.54, 1.807) is 36.9 Å². The maximum atomic E-state index is 12.5. The number of nitrogens with zero attached hydrogens (tertiary/aromatic N) is 2. The smallest absolute Gasteiger partial charge is 0.267 e. The number of carbonyl (C=O) groups excluding carboxylic acids is 1. The first-order chi connectivity index (χ1) is 11.3. The summed E-state index contributed by atoms with van der Waals surface area (Å²) in [5.74, 6) is 0.346. The minimum absolute atomic E-state index is 0.0546. The number of sulfonamides is 1. The van der Waals surface area contributed by atoms with Crippen LogP contribution in [0.2, 0.25) is 0 Å². The van der Waals surface area contributed by atoms with Crippen molar-refractivity contribution in [2.75, 3.05) is 16.2 Å². The molecule has 1 saturated heterocycles. The number of amides is 1. The fraction of sp³-hybridized carbons (Fsp3) is 0.375. The molecule has 0 radical (unpaired) electrons. The van der Waals surface area contributed by atoms with Gasteiger partial charge in [-0.15, -0.1) is 0 Å². The van der Waals surface area contributed by atoms with E-state index in [2.05, 4.69) is 9.88 Å². The highest BCUT2D eigenvalue weighted by atomic mass is 32.2. The Labute approximate surface area is 140 Å². The highest BCUT2D eigenvalue weighted by Gasteiger charge is 2.26. The first kappa shape index (κ1) is 16.5. The second-order valence-electron chi connectivity index (χ2n) is 5.91. The van der Waals surface area contributed by atoms with Crippen molar-refractivity contribution in [1.29, 1.82) is 0 Å². The number of anilines is 2. The third kappa shape index (κ3) is 2.89. The van der Waals surface area contributed by atoms with Crippen LogP contribution in [0, 0.1) is 20.8 Å².